The Kier molecular flexibility index (Phi) is 6.93. The number of anilines is 1. The molecule has 1 aliphatic carbocycles. The molecule has 0 unspecified atom stereocenters. The third kappa shape index (κ3) is 5.26. The molecule has 0 spiro atoms. The summed E-state index contributed by atoms with van der Waals surface area (Å²) in [6.07, 6.45) is 9.08. The zero-order valence-electron chi connectivity index (χ0n) is 20.9. The van der Waals surface area contributed by atoms with Gasteiger partial charge in [-0.15, -0.1) is 0 Å². The lowest BCUT2D eigenvalue weighted by Crippen LogP contribution is -2.52. The Hall–Kier alpha value is -3.23. The second kappa shape index (κ2) is 10.6. The number of carbonyl (C=O) groups is 1. The van der Waals surface area contributed by atoms with Crippen LogP contribution in [-0.4, -0.2) is 76.0 Å². The Labute approximate surface area is 222 Å². The molecule has 0 bridgehead atoms. The van der Waals surface area contributed by atoms with E-state index in [4.69, 9.17) is 26.3 Å². The molecule has 3 aliphatic rings. The van der Waals surface area contributed by atoms with Crippen molar-refractivity contribution >= 4 is 23.5 Å². The molecule has 1 aromatic carbocycles. The summed E-state index contributed by atoms with van der Waals surface area (Å²) in [4.78, 5) is 34.3. The van der Waals surface area contributed by atoms with Gasteiger partial charge in [-0.1, -0.05) is 18.0 Å². The highest BCUT2D eigenvalue weighted by Gasteiger charge is 2.29. The van der Waals surface area contributed by atoms with Gasteiger partial charge in [0.2, 0.25) is 11.8 Å². The van der Waals surface area contributed by atoms with Crippen molar-refractivity contribution < 1.29 is 9.53 Å². The highest BCUT2D eigenvalue weighted by Crippen LogP contribution is 2.28. The van der Waals surface area contributed by atoms with Crippen LogP contribution in [0.3, 0.4) is 0 Å². The van der Waals surface area contributed by atoms with Gasteiger partial charge < -0.3 is 14.5 Å². The van der Waals surface area contributed by atoms with Gasteiger partial charge in [0, 0.05) is 69.1 Å². The molecule has 2 aliphatic heterocycles. The Bertz CT molecular complexity index is 1260. The number of aromatic nitrogens is 3. The topological polar surface area (TPSA) is 74.7 Å². The van der Waals surface area contributed by atoms with Crippen LogP contribution in [0.4, 0.5) is 5.95 Å². The molecule has 0 atom stereocenters. The van der Waals surface area contributed by atoms with Crippen LogP contribution < -0.4 is 9.64 Å². The molecule has 1 amide bonds. The van der Waals surface area contributed by atoms with Crippen molar-refractivity contribution in [2.75, 3.05) is 44.2 Å². The summed E-state index contributed by atoms with van der Waals surface area (Å²) in [5.74, 6) is 1.60. The number of fused-ring (bicyclic) bond motifs is 1. The number of hydrogen-bond acceptors (Lipinski definition) is 7. The summed E-state index contributed by atoms with van der Waals surface area (Å²) in [7, 11) is 0. The van der Waals surface area contributed by atoms with E-state index in [0.717, 1.165) is 55.8 Å². The molecule has 3 aromatic rings. The summed E-state index contributed by atoms with van der Waals surface area (Å²) < 4.78 is 5.94. The SMILES string of the molecule is O=C(c1cccnc1Oc1ccc(Cl)cc1)N1CCc2cnc(N3CCN(C4CCC4)CC3)nc2CC1. The standard InChI is InChI=1S/C28H31ClN6O2/c29-21-6-8-23(9-7-21)37-26-24(5-2-12-30-26)27(36)34-13-10-20-19-31-28(32-25(20)11-14-34)35-17-15-33(16-18-35)22-3-1-4-22/h2,5-9,12,19,22H,1,3-4,10-11,13-18H2. The Morgan fingerprint density at radius 3 is 2.49 bits per heavy atom. The lowest BCUT2D eigenvalue weighted by atomic mass is 9.91. The fourth-order valence-electron chi connectivity index (χ4n) is 5.28. The molecule has 4 heterocycles. The smallest absolute Gasteiger partial charge is 0.259 e. The molecular weight excluding hydrogens is 488 g/mol. The first-order chi connectivity index (χ1) is 18.1. The van der Waals surface area contributed by atoms with Crippen LogP contribution in [-0.2, 0) is 12.8 Å². The monoisotopic (exact) mass is 518 g/mol. The van der Waals surface area contributed by atoms with Crippen molar-refractivity contribution in [3.8, 4) is 11.6 Å². The number of carbonyl (C=O) groups excluding carboxylic acids is 1. The quantitative estimate of drug-likeness (QED) is 0.500. The number of amides is 1. The van der Waals surface area contributed by atoms with Crippen LogP contribution in [0.2, 0.25) is 5.02 Å². The van der Waals surface area contributed by atoms with Crippen LogP contribution in [0.5, 0.6) is 11.6 Å². The van der Waals surface area contributed by atoms with Crippen molar-refractivity contribution in [1.29, 1.82) is 0 Å². The van der Waals surface area contributed by atoms with E-state index < -0.39 is 0 Å². The summed E-state index contributed by atoms with van der Waals surface area (Å²) in [6, 6.07) is 11.3. The van der Waals surface area contributed by atoms with Gasteiger partial charge >= 0.3 is 0 Å². The van der Waals surface area contributed by atoms with Gasteiger partial charge in [-0.25, -0.2) is 15.0 Å². The molecule has 6 rings (SSSR count). The molecule has 37 heavy (non-hydrogen) atoms. The summed E-state index contributed by atoms with van der Waals surface area (Å²) in [5.41, 5.74) is 2.61. The van der Waals surface area contributed by atoms with E-state index in [1.54, 1.807) is 42.6 Å². The largest absolute Gasteiger partial charge is 0.438 e. The lowest BCUT2D eigenvalue weighted by molar-refractivity contribution is 0.0759. The zero-order chi connectivity index (χ0) is 25.2. The number of benzene rings is 1. The van der Waals surface area contributed by atoms with E-state index in [1.165, 1.54) is 19.3 Å². The summed E-state index contributed by atoms with van der Waals surface area (Å²) >= 11 is 5.98. The second-order valence-corrected chi connectivity index (χ2v) is 10.4. The Balaban J connectivity index is 1.12. The summed E-state index contributed by atoms with van der Waals surface area (Å²) in [6.45, 7) is 5.30. The number of ether oxygens (including phenoxy) is 1. The average Bonchev–Trinajstić information content (AvgIpc) is 3.12. The molecule has 2 aromatic heterocycles. The van der Waals surface area contributed by atoms with Crippen LogP contribution in [0.15, 0.2) is 48.8 Å². The number of halogens is 1. The van der Waals surface area contributed by atoms with E-state index >= 15 is 0 Å². The van der Waals surface area contributed by atoms with Crippen molar-refractivity contribution in [3.63, 3.8) is 0 Å². The van der Waals surface area contributed by atoms with Gasteiger partial charge in [-0.3, -0.25) is 9.69 Å². The third-order valence-electron chi connectivity index (χ3n) is 7.72. The number of piperazine rings is 1. The maximum Gasteiger partial charge on any atom is 0.259 e. The fourth-order valence-corrected chi connectivity index (χ4v) is 5.40. The van der Waals surface area contributed by atoms with Crippen LogP contribution in [0.25, 0.3) is 0 Å². The highest BCUT2D eigenvalue weighted by molar-refractivity contribution is 6.30. The van der Waals surface area contributed by atoms with Gasteiger partial charge in [0.1, 0.15) is 11.3 Å². The van der Waals surface area contributed by atoms with Crippen LogP contribution in [0, 0.1) is 0 Å². The van der Waals surface area contributed by atoms with E-state index in [9.17, 15) is 4.79 Å². The predicted octanol–water partition coefficient (Wildman–Crippen LogP) is 4.23. The van der Waals surface area contributed by atoms with Crippen molar-refractivity contribution in [2.24, 2.45) is 0 Å². The number of hydrogen-bond donors (Lipinski definition) is 0. The number of rotatable bonds is 5. The first kappa shape index (κ1) is 24.1. The minimum Gasteiger partial charge on any atom is -0.438 e. The average molecular weight is 519 g/mol. The van der Waals surface area contributed by atoms with Gasteiger partial charge in [0.05, 0.1) is 5.69 Å². The van der Waals surface area contributed by atoms with Crippen LogP contribution >= 0.6 is 11.6 Å². The molecule has 1 saturated carbocycles. The van der Waals surface area contributed by atoms with Crippen molar-refractivity contribution in [1.82, 2.24) is 24.8 Å². The van der Waals surface area contributed by atoms with Crippen molar-refractivity contribution in [3.05, 3.63) is 70.6 Å². The maximum absolute atomic E-state index is 13.5. The molecule has 8 nitrogen and oxygen atoms in total. The van der Waals surface area contributed by atoms with E-state index in [2.05, 4.69) is 14.8 Å². The molecule has 192 valence electrons. The molecule has 0 radical (unpaired) electrons. The van der Waals surface area contributed by atoms with Gasteiger partial charge in [0.25, 0.3) is 5.91 Å². The molecular formula is C28H31ClN6O2. The zero-order valence-corrected chi connectivity index (χ0v) is 21.6. The van der Waals surface area contributed by atoms with Crippen LogP contribution in [0.1, 0.15) is 40.9 Å². The van der Waals surface area contributed by atoms with Gasteiger partial charge in [0.15, 0.2) is 0 Å². The fraction of sp³-hybridized carbons (Fsp3) is 0.429. The van der Waals surface area contributed by atoms with E-state index in [-0.39, 0.29) is 5.91 Å². The number of pyridine rings is 1. The normalized spacial score (nSPS) is 18.6. The highest BCUT2D eigenvalue weighted by atomic mass is 35.5. The molecule has 0 N–H and O–H groups in total. The third-order valence-corrected chi connectivity index (χ3v) is 7.97. The predicted molar refractivity (Wildman–Crippen MR) is 143 cm³/mol. The lowest BCUT2D eigenvalue weighted by Gasteiger charge is -2.43. The minimum atomic E-state index is -0.0924. The molecule has 9 heteroatoms. The van der Waals surface area contributed by atoms with E-state index in [1.807, 2.05) is 11.1 Å². The Morgan fingerprint density at radius 1 is 0.946 bits per heavy atom. The summed E-state index contributed by atoms with van der Waals surface area (Å²) in [5, 5.41) is 0.621. The first-order valence-corrected chi connectivity index (χ1v) is 13.5. The molecule has 1 saturated heterocycles. The first-order valence-electron chi connectivity index (χ1n) is 13.2. The van der Waals surface area contributed by atoms with Crippen molar-refractivity contribution in [2.45, 2.75) is 38.1 Å². The maximum atomic E-state index is 13.5. The molecule has 2 fully saturated rings. The number of nitrogens with zero attached hydrogens (tertiary/aromatic N) is 6. The van der Waals surface area contributed by atoms with E-state index in [0.29, 0.717) is 41.7 Å². The van der Waals surface area contributed by atoms with Gasteiger partial charge in [-0.05, 0) is 61.2 Å². The minimum absolute atomic E-state index is 0.0924. The van der Waals surface area contributed by atoms with Gasteiger partial charge in [-0.2, -0.15) is 0 Å². The second-order valence-electron chi connectivity index (χ2n) is 9.95. The Morgan fingerprint density at radius 2 is 1.73 bits per heavy atom.